The molecule has 4 aliphatic rings. The number of amides is 1. The zero-order valence-electron chi connectivity index (χ0n) is 17.5. The van der Waals surface area contributed by atoms with Gasteiger partial charge in [-0.05, 0) is 82.3 Å². The fourth-order valence-electron chi connectivity index (χ4n) is 6.55. The van der Waals surface area contributed by atoms with Gasteiger partial charge in [0.2, 0.25) is 5.91 Å². The molecular weight excluding hydrogens is 394 g/mol. The van der Waals surface area contributed by atoms with Gasteiger partial charge in [-0.2, -0.15) is 4.52 Å². The van der Waals surface area contributed by atoms with Crippen LogP contribution in [-0.2, 0) is 4.79 Å². The normalized spacial score (nSPS) is 30.8. The summed E-state index contributed by atoms with van der Waals surface area (Å²) in [5, 5.41) is 9.51. The maximum atomic E-state index is 13.2. The molecule has 4 aliphatic carbocycles. The van der Waals surface area contributed by atoms with E-state index in [4.69, 9.17) is 4.98 Å². The maximum absolute atomic E-state index is 13.2. The van der Waals surface area contributed by atoms with E-state index in [9.17, 15) is 4.79 Å². The average molecular weight is 422 g/mol. The van der Waals surface area contributed by atoms with Crippen molar-refractivity contribution in [1.82, 2.24) is 24.9 Å². The van der Waals surface area contributed by atoms with Gasteiger partial charge < -0.3 is 5.32 Å². The molecule has 4 bridgehead atoms. The van der Waals surface area contributed by atoms with Gasteiger partial charge in [0.1, 0.15) is 5.82 Å². The van der Waals surface area contributed by atoms with Crippen molar-refractivity contribution in [1.29, 1.82) is 0 Å². The molecule has 3 aromatic rings. The van der Waals surface area contributed by atoms with Crippen LogP contribution in [0.3, 0.4) is 0 Å². The summed E-state index contributed by atoms with van der Waals surface area (Å²) in [5.74, 6) is 3.29. The summed E-state index contributed by atoms with van der Waals surface area (Å²) in [6.07, 6.45) is 7.65. The summed E-state index contributed by atoms with van der Waals surface area (Å²) in [4.78, 5) is 22.6. The number of aryl methyl sites for hydroxylation is 1. The lowest BCUT2D eigenvalue weighted by Crippen LogP contribution is -2.60. The number of nitrogens with one attached hydrogen (secondary N) is 1. The van der Waals surface area contributed by atoms with E-state index in [2.05, 4.69) is 15.4 Å². The van der Waals surface area contributed by atoms with E-state index >= 15 is 0 Å². The molecular formula is C23H27N5OS. The van der Waals surface area contributed by atoms with Gasteiger partial charge in [-0.25, -0.2) is 9.97 Å². The number of nitrogens with zero attached hydrogens (tertiary/aromatic N) is 4. The van der Waals surface area contributed by atoms with Crippen molar-refractivity contribution in [3.63, 3.8) is 0 Å². The third-order valence-corrected chi connectivity index (χ3v) is 8.38. The van der Waals surface area contributed by atoms with Crippen LogP contribution in [-0.4, -0.2) is 36.3 Å². The molecule has 30 heavy (non-hydrogen) atoms. The lowest BCUT2D eigenvalue weighted by atomic mass is 9.53. The number of rotatable bonds is 4. The molecule has 1 unspecified atom stereocenters. The Morgan fingerprint density at radius 1 is 1.13 bits per heavy atom. The molecule has 2 aromatic heterocycles. The molecule has 1 amide bonds. The van der Waals surface area contributed by atoms with E-state index in [0.717, 1.165) is 39.5 Å². The standard InChI is InChI=1S/C23H27N5OS/c1-13(21(29)26-23-10-15-7-16(11-23)9-17(8-15)12-23)30-22-25-19-6-4-3-5-18(19)20-24-14(2)27-28(20)22/h3-6,13,15-17H,7-12H2,1-2H3,(H,26,29). The number of thioether (sulfide) groups is 1. The number of carbonyl (C=O) groups is 1. The Hall–Kier alpha value is -2.15. The summed E-state index contributed by atoms with van der Waals surface area (Å²) >= 11 is 1.48. The van der Waals surface area contributed by atoms with E-state index in [1.807, 2.05) is 38.1 Å². The highest BCUT2D eigenvalue weighted by atomic mass is 32.2. The molecule has 4 saturated carbocycles. The SMILES string of the molecule is Cc1nc2c3ccccc3nc(SC(C)C(=O)NC34CC5CC(CC(C5)C3)C4)n2n1. The molecule has 7 heteroatoms. The second-order valence-electron chi connectivity index (χ2n) is 9.75. The van der Waals surface area contributed by atoms with Gasteiger partial charge >= 0.3 is 0 Å². The zero-order chi connectivity index (χ0) is 20.5. The monoisotopic (exact) mass is 421 g/mol. The summed E-state index contributed by atoms with van der Waals surface area (Å²) < 4.78 is 1.79. The molecule has 0 saturated heterocycles. The first kappa shape index (κ1) is 18.6. The van der Waals surface area contributed by atoms with Gasteiger partial charge in [0.25, 0.3) is 0 Å². The molecule has 156 valence electrons. The minimum atomic E-state index is -0.237. The molecule has 0 spiro atoms. The van der Waals surface area contributed by atoms with E-state index in [1.54, 1.807) is 4.52 Å². The van der Waals surface area contributed by atoms with Crippen molar-refractivity contribution in [2.24, 2.45) is 17.8 Å². The lowest BCUT2D eigenvalue weighted by molar-refractivity contribution is -0.126. The second kappa shape index (κ2) is 6.67. The summed E-state index contributed by atoms with van der Waals surface area (Å²) in [6.45, 7) is 3.87. The van der Waals surface area contributed by atoms with Crippen LogP contribution < -0.4 is 5.32 Å². The van der Waals surface area contributed by atoms with Gasteiger partial charge in [-0.3, -0.25) is 4.79 Å². The van der Waals surface area contributed by atoms with Crippen molar-refractivity contribution < 1.29 is 4.79 Å². The topological polar surface area (TPSA) is 72.2 Å². The number of hydrogen-bond donors (Lipinski definition) is 1. The van der Waals surface area contributed by atoms with Gasteiger partial charge in [0.15, 0.2) is 10.8 Å². The number of aromatic nitrogens is 4. The fourth-order valence-corrected chi connectivity index (χ4v) is 7.41. The van der Waals surface area contributed by atoms with Crippen molar-refractivity contribution in [3.8, 4) is 0 Å². The van der Waals surface area contributed by atoms with Crippen molar-refractivity contribution in [2.75, 3.05) is 0 Å². The van der Waals surface area contributed by atoms with Gasteiger partial charge in [-0.15, -0.1) is 5.10 Å². The first-order valence-corrected chi connectivity index (χ1v) is 12.0. The van der Waals surface area contributed by atoms with Gasteiger partial charge in [0, 0.05) is 10.9 Å². The van der Waals surface area contributed by atoms with Crippen LogP contribution in [0, 0.1) is 24.7 Å². The van der Waals surface area contributed by atoms with E-state index in [0.29, 0.717) is 5.82 Å². The largest absolute Gasteiger partial charge is 0.350 e. The zero-order valence-corrected chi connectivity index (χ0v) is 18.3. The van der Waals surface area contributed by atoms with Crippen LogP contribution >= 0.6 is 11.8 Å². The number of hydrogen-bond acceptors (Lipinski definition) is 5. The summed E-state index contributed by atoms with van der Waals surface area (Å²) in [5.41, 5.74) is 1.72. The summed E-state index contributed by atoms with van der Waals surface area (Å²) in [6, 6.07) is 7.97. The van der Waals surface area contributed by atoms with Crippen molar-refractivity contribution in [3.05, 3.63) is 30.1 Å². The summed E-state index contributed by atoms with van der Waals surface area (Å²) in [7, 11) is 0. The van der Waals surface area contributed by atoms with Crippen LogP contribution in [0.25, 0.3) is 16.6 Å². The highest BCUT2D eigenvalue weighted by molar-refractivity contribution is 8.00. The first-order chi connectivity index (χ1) is 14.5. The Morgan fingerprint density at radius 3 is 2.50 bits per heavy atom. The van der Waals surface area contributed by atoms with Gasteiger partial charge in [0.05, 0.1) is 10.8 Å². The average Bonchev–Trinajstić information content (AvgIpc) is 3.08. The minimum Gasteiger partial charge on any atom is -0.350 e. The Bertz CT molecular complexity index is 1120. The molecule has 1 aromatic carbocycles. The van der Waals surface area contributed by atoms with Crippen LogP contribution in [0.1, 0.15) is 51.3 Å². The lowest BCUT2D eigenvalue weighted by Gasteiger charge is -2.57. The van der Waals surface area contributed by atoms with E-state index in [-0.39, 0.29) is 16.7 Å². The third kappa shape index (κ3) is 3.01. The molecule has 0 aliphatic heterocycles. The number of fused-ring (bicyclic) bond motifs is 3. The highest BCUT2D eigenvalue weighted by Gasteiger charge is 2.51. The fraction of sp³-hybridized carbons (Fsp3) is 0.565. The third-order valence-electron chi connectivity index (χ3n) is 7.33. The van der Waals surface area contributed by atoms with Gasteiger partial charge in [-0.1, -0.05) is 23.9 Å². The molecule has 1 atom stereocenters. The van der Waals surface area contributed by atoms with Crippen molar-refractivity contribution >= 4 is 34.2 Å². The Morgan fingerprint density at radius 2 is 1.80 bits per heavy atom. The van der Waals surface area contributed by atoms with Crippen molar-refractivity contribution in [2.45, 2.75) is 68.3 Å². The Balaban J connectivity index is 1.26. The number of benzene rings is 1. The van der Waals surface area contributed by atoms with Crippen LogP contribution in [0.4, 0.5) is 0 Å². The minimum absolute atomic E-state index is 0.0383. The Kier molecular flexibility index (Phi) is 4.14. The molecule has 2 heterocycles. The molecule has 7 rings (SSSR count). The highest BCUT2D eigenvalue weighted by Crippen LogP contribution is 2.55. The first-order valence-electron chi connectivity index (χ1n) is 11.1. The van der Waals surface area contributed by atoms with Crippen LogP contribution in [0.2, 0.25) is 0 Å². The number of carbonyl (C=O) groups excluding carboxylic acids is 1. The Labute approximate surface area is 180 Å². The molecule has 0 radical (unpaired) electrons. The van der Waals surface area contributed by atoms with E-state index in [1.165, 1.54) is 50.3 Å². The predicted octanol–water partition coefficient (Wildman–Crippen LogP) is 4.15. The maximum Gasteiger partial charge on any atom is 0.233 e. The molecule has 4 fully saturated rings. The van der Waals surface area contributed by atoms with E-state index < -0.39 is 0 Å². The smallest absolute Gasteiger partial charge is 0.233 e. The number of para-hydroxylation sites is 1. The molecule has 6 nitrogen and oxygen atoms in total. The van der Waals surface area contributed by atoms with Crippen LogP contribution in [0.15, 0.2) is 29.4 Å². The predicted molar refractivity (Wildman–Crippen MR) is 117 cm³/mol. The molecule has 1 N–H and O–H groups in total. The van der Waals surface area contributed by atoms with Crippen LogP contribution in [0.5, 0.6) is 0 Å². The second-order valence-corrected chi connectivity index (χ2v) is 11.1. The quantitative estimate of drug-likeness (QED) is 0.506.